The van der Waals surface area contributed by atoms with E-state index in [4.69, 9.17) is 0 Å². The lowest BCUT2D eigenvalue weighted by molar-refractivity contribution is -0.137. The molecule has 0 aliphatic heterocycles. The fourth-order valence-corrected chi connectivity index (χ4v) is 1.43. The molecule has 78 valence electrons. The first-order chi connectivity index (χ1) is 6.06. The minimum absolute atomic E-state index is 0.245. The van der Waals surface area contributed by atoms with Crippen molar-refractivity contribution in [2.24, 2.45) is 11.8 Å². The molecule has 13 heavy (non-hydrogen) atoms. The number of ether oxygens (including phenoxy) is 1. The third-order valence-corrected chi connectivity index (χ3v) is 2.59. The van der Waals surface area contributed by atoms with Crippen molar-refractivity contribution < 1.29 is 9.53 Å². The average Bonchev–Trinajstić information content (AvgIpc) is 2.11. The third-order valence-electron chi connectivity index (χ3n) is 2.59. The van der Waals surface area contributed by atoms with Crippen LogP contribution in [0.25, 0.3) is 0 Å². The molecule has 1 rings (SSSR count). The maximum absolute atomic E-state index is 9.59. The second-order valence-electron chi connectivity index (χ2n) is 4.06. The summed E-state index contributed by atoms with van der Waals surface area (Å²) in [5.41, 5.74) is 0. The predicted octanol–water partition coefficient (Wildman–Crippen LogP) is 3.01. The van der Waals surface area contributed by atoms with E-state index in [1.165, 1.54) is 39.7 Å². The molecule has 1 fully saturated rings. The monoisotopic (exact) mass is 186 g/mol. The number of esters is 1. The molecule has 0 radical (unpaired) electrons. The second-order valence-corrected chi connectivity index (χ2v) is 4.06. The smallest absolute Gasteiger partial charge is 0.302 e. The van der Waals surface area contributed by atoms with Crippen LogP contribution in [-0.4, -0.2) is 13.1 Å². The lowest BCUT2D eigenvalue weighted by Crippen LogP contribution is -2.08. The average molecular weight is 186 g/mol. The Hall–Kier alpha value is -0.530. The van der Waals surface area contributed by atoms with Gasteiger partial charge >= 0.3 is 5.97 Å². The van der Waals surface area contributed by atoms with Crippen LogP contribution in [0.4, 0.5) is 0 Å². The van der Waals surface area contributed by atoms with Gasteiger partial charge < -0.3 is 4.74 Å². The number of hydrogen-bond acceptors (Lipinski definition) is 2. The van der Waals surface area contributed by atoms with E-state index < -0.39 is 0 Å². The topological polar surface area (TPSA) is 26.3 Å². The quantitative estimate of drug-likeness (QED) is 0.544. The van der Waals surface area contributed by atoms with Crippen molar-refractivity contribution in [3.8, 4) is 0 Å². The van der Waals surface area contributed by atoms with E-state index in [0.29, 0.717) is 0 Å². The van der Waals surface area contributed by atoms with Gasteiger partial charge in [0.05, 0.1) is 7.11 Å². The van der Waals surface area contributed by atoms with E-state index >= 15 is 0 Å². The zero-order valence-electron chi connectivity index (χ0n) is 9.30. The molecule has 0 aromatic rings. The summed E-state index contributed by atoms with van der Waals surface area (Å²) in [5, 5.41) is 0. The van der Waals surface area contributed by atoms with Gasteiger partial charge in [-0.2, -0.15) is 0 Å². The zero-order chi connectivity index (χ0) is 10.3. The summed E-state index contributed by atoms with van der Waals surface area (Å²) >= 11 is 0. The van der Waals surface area contributed by atoms with Gasteiger partial charge in [-0.1, -0.05) is 39.5 Å². The molecular formula is C11H22O2. The van der Waals surface area contributed by atoms with E-state index in [1.54, 1.807) is 0 Å². The summed E-state index contributed by atoms with van der Waals surface area (Å²) in [6, 6.07) is 0. The van der Waals surface area contributed by atoms with Gasteiger partial charge in [0, 0.05) is 6.92 Å². The van der Waals surface area contributed by atoms with Crippen molar-refractivity contribution in [1.29, 1.82) is 0 Å². The Labute approximate surface area is 81.7 Å². The first kappa shape index (κ1) is 12.5. The van der Waals surface area contributed by atoms with Gasteiger partial charge in [-0.25, -0.2) is 0 Å². The van der Waals surface area contributed by atoms with Crippen LogP contribution in [0.5, 0.6) is 0 Å². The van der Waals surface area contributed by atoms with Gasteiger partial charge in [0.15, 0.2) is 0 Å². The summed E-state index contributed by atoms with van der Waals surface area (Å²) in [6.07, 6.45) is 5.89. The first-order valence-electron chi connectivity index (χ1n) is 5.10. The Balaban J connectivity index is 0.000000252. The van der Waals surface area contributed by atoms with E-state index in [-0.39, 0.29) is 5.97 Å². The normalized spacial score (nSPS) is 27.1. The molecule has 1 aliphatic rings. The number of methoxy groups -OCH3 is 1. The second kappa shape index (κ2) is 6.93. The van der Waals surface area contributed by atoms with Crippen LogP contribution in [0.2, 0.25) is 0 Å². The molecule has 0 amide bonds. The molecule has 1 saturated carbocycles. The minimum atomic E-state index is -0.245. The molecule has 1 aliphatic carbocycles. The summed E-state index contributed by atoms with van der Waals surface area (Å²) in [4.78, 5) is 9.59. The highest BCUT2D eigenvalue weighted by molar-refractivity contribution is 5.65. The van der Waals surface area contributed by atoms with Gasteiger partial charge in [-0.3, -0.25) is 4.79 Å². The maximum Gasteiger partial charge on any atom is 0.302 e. The first-order valence-corrected chi connectivity index (χ1v) is 5.10. The largest absolute Gasteiger partial charge is 0.469 e. The molecule has 0 N–H and O–H groups in total. The summed E-state index contributed by atoms with van der Waals surface area (Å²) in [7, 11) is 1.35. The van der Waals surface area contributed by atoms with Crippen LogP contribution in [0, 0.1) is 11.8 Å². The molecular weight excluding hydrogens is 164 g/mol. The molecule has 2 nitrogen and oxygen atoms in total. The summed E-state index contributed by atoms with van der Waals surface area (Å²) in [5.74, 6) is 1.79. The molecule has 0 unspecified atom stereocenters. The zero-order valence-corrected chi connectivity index (χ0v) is 9.30. The minimum Gasteiger partial charge on any atom is -0.469 e. The van der Waals surface area contributed by atoms with Gasteiger partial charge in [0.1, 0.15) is 0 Å². The van der Waals surface area contributed by atoms with Crippen LogP contribution >= 0.6 is 0 Å². The molecule has 0 aromatic carbocycles. The fourth-order valence-electron chi connectivity index (χ4n) is 1.43. The number of rotatable bonds is 0. The highest BCUT2D eigenvalue weighted by atomic mass is 16.5. The van der Waals surface area contributed by atoms with E-state index in [2.05, 4.69) is 18.6 Å². The standard InChI is InChI=1S/C8H16.C3H6O2/c1-7-3-5-8(2)6-4-7;1-3(4)5-2/h7-8H,3-6H2,1-2H3;1-2H3. The van der Waals surface area contributed by atoms with E-state index in [1.807, 2.05) is 0 Å². The van der Waals surface area contributed by atoms with Gasteiger partial charge in [0.25, 0.3) is 0 Å². The molecule has 0 aromatic heterocycles. The highest BCUT2D eigenvalue weighted by Gasteiger charge is 2.13. The molecule has 0 atom stereocenters. The molecule has 0 bridgehead atoms. The van der Waals surface area contributed by atoms with Crippen LogP contribution < -0.4 is 0 Å². The Bertz CT molecular complexity index is 125. The van der Waals surface area contributed by atoms with Crippen molar-refractivity contribution >= 4 is 5.97 Å². The Kier molecular flexibility index (Phi) is 6.65. The lowest BCUT2D eigenvalue weighted by atomic mass is 9.84. The van der Waals surface area contributed by atoms with Crippen LogP contribution in [0.3, 0.4) is 0 Å². The van der Waals surface area contributed by atoms with Crippen molar-refractivity contribution in [3.63, 3.8) is 0 Å². The highest BCUT2D eigenvalue weighted by Crippen LogP contribution is 2.27. The maximum atomic E-state index is 9.59. The van der Waals surface area contributed by atoms with Gasteiger partial charge in [0.2, 0.25) is 0 Å². The Morgan fingerprint density at radius 2 is 1.31 bits per heavy atom. The van der Waals surface area contributed by atoms with Crippen molar-refractivity contribution in [2.75, 3.05) is 7.11 Å². The van der Waals surface area contributed by atoms with Crippen LogP contribution in [-0.2, 0) is 9.53 Å². The predicted molar refractivity (Wildman–Crippen MR) is 54.5 cm³/mol. The lowest BCUT2D eigenvalue weighted by Gasteiger charge is -2.22. The van der Waals surface area contributed by atoms with Crippen LogP contribution in [0.15, 0.2) is 0 Å². The SMILES string of the molecule is CC1CCC(C)CC1.COC(C)=O. The Morgan fingerprint density at radius 1 is 1.08 bits per heavy atom. The van der Waals surface area contributed by atoms with E-state index in [9.17, 15) is 4.79 Å². The summed E-state index contributed by atoms with van der Waals surface area (Å²) < 4.78 is 4.11. The molecule has 0 heterocycles. The molecule has 2 heteroatoms. The van der Waals surface area contributed by atoms with Gasteiger partial charge in [-0.05, 0) is 11.8 Å². The third kappa shape index (κ3) is 7.82. The van der Waals surface area contributed by atoms with Crippen molar-refractivity contribution in [3.05, 3.63) is 0 Å². The van der Waals surface area contributed by atoms with Crippen LogP contribution in [0.1, 0.15) is 46.5 Å². The van der Waals surface area contributed by atoms with Crippen molar-refractivity contribution in [1.82, 2.24) is 0 Å². The number of carbonyl (C=O) groups excluding carboxylic acids is 1. The van der Waals surface area contributed by atoms with E-state index in [0.717, 1.165) is 11.8 Å². The van der Waals surface area contributed by atoms with Gasteiger partial charge in [-0.15, -0.1) is 0 Å². The number of hydrogen-bond donors (Lipinski definition) is 0. The van der Waals surface area contributed by atoms with Crippen molar-refractivity contribution in [2.45, 2.75) is 46.5 Å². The summed E-state index contributed by atoms with van der Waals surface area (Å²) in [6.45, 7) is 6.10. The number of carbonyl (C=O) groups is 1. The molecule has 0 saturated heterocycles. The fraction of sp³-hybridized carbons (Fsp3) is 0.909. The Morgan fingerprint density at radius 3 is 1.46 bits per heavy atom. The molecule has 0 spiro atoms.